The average Bonchev–Trinajstić information content (AvgIpc) is 2.83. The molecule has 3 nitrogen and oxygen atoms in total. The van der Waals surface area contributed by atoms with Gasteiger partial charge < -0.3 is 10.1 Å². The Hall–Kier alpha value is -1.39. The van der Waals surface area contributed by atoms with Crippen LogP contribution in [0.1, 0.15) is 46.4 Å². The zero-order valence-electron chi connectivity index (χ0n) is 12.8. The van der Waals surface area contributed by atoms with Crippen molar-refractivity contribution in [2.75, 3.05) is 13.2 Å². The molecule has 4 heteroatoms. The van der Waals surface area contributed by atoms with Crippen LogP contribution >= 0.6 is 11.3 Å². The van der Waals surface area contributed by atoms with Gasteiger partial charge in [-0.1, -0.05) is 18.2 Å². The molecule has 112 valence electrons. The van der Waals surface area contributed by atoms with Crippen LogP contribution in [-0.2, 0) is 0 Å². The smallest absolute Gasteiger partial charge is 0.122 e. The minimum absolute atomic E-state index is 0.353. The van der Waals surface area contributed by atoms with E-state index in [0.29, 0.717) is 12.0 Å². The molecule has 2 atom stereocenters. The summed E-state index contributed by atoms with van der Waals surface area (Å²) in [5, 5.41) is 4.82. The molecule has 1 aromatic heterocycles. The molecule has 0 spiro atoms. The highest BCUT2D eigenvalue weighted by atomic mass is 32.1. The van der Waals surface area contributed by atoms with Gasteiger partial charge in [0.2, 0.25) is 0 Å². The summed E-state index contributed by atoms with van der Waals surface area (Å²) in [6.07, 6.45) is 1.08. The van der Waals surface area contributed by atoms with Crippen molar-refractivity contribution in [2.24, 2.45) is 0 Å². The molecule has 3 rings (SSSR count). The molecule has 0 saturated carbocycles. The monoisotopic (exact) mass is 302 g/mol. The molecule has 0 fully saturated rings. The average molecular weight is 302 g/mol. The largest absolute Gasteiger partial charge is 0.493 e. The number of thiazole rings is 1. The predicted molar refractivity (Wildman–Crippen MR) is 87.3 cm³/mol. The molecule has 0 amide bonds. The number of aromatic nitrogens is 1. The third-order valence-corrected chi connectivity index (χ3v) is 5.34. The number of aryl methyl sites for hydroxylation is 2. The van der Waals surface area contributed by atoms with Crippen molar-refractivity contribution in [3.05, 3.63) is 45.4 Å². The van der Waals surface area contributed by atoms with Crippen molar-refractivity contribution >= 4 is 11.3 Å². The quantitative estimate of drug-likeness (QED) is 0.927. The lowest BCUT2D eigenvalue weighted by atomic mass is 9.93. The maximum atomic E-state index is 5.73. The third kappa shape index (κ3) is 3.11. The standard InChI is InChI=1S/C17H22N2OS/c1-11(17-12(2)19-13(3)21-17)18-10-14-8-9-20-16-7-5-4-6-15(14)16/h4-7,11,14,18H,8-10H2,1-3H3. The number of rotatable bonds is 4. The van der Waals surface area contributed by atoms with Gasteiger partial charge in [0.05, 0.1) is 17.3 Å². The summed E-state index contributed by atoms with van der Waals surface area (Å²) in [6, 6.07) is 8.75. The Kier molecular flexibility index (Phi) is 4.27. The zero-order valence-corrected chi connectivity index (χ0v) is 13.7. The normalized spacial score (nSPS) is 18.9. The molecular formula is C17H22N2OS. The molecule has 21 heavy (non-hydrogen) atoms. The van der Waals surface area contributed by atoms with Gasteiger partial charge in [0.15, 0.2) is 0 Å². The van der Waals surface area contributed by atoms with Crippen LogP contribution in [0.3, 0.4) is 0 Å². The van der Waals surface area contributed by atoms with E-state index in [1.54, 1.807) is 11.3 Å². The molecule has 0 saturated heterocycles. The van der Waals surface area contributed by atoms with E-state index in [9.17, 15) is 0 Å². The van der Waals surface area contributed by atoms with Crippen LogP contribution in [0, 0.1) is 13.8 Å². The van der Waals surface area contributed by atoms with Crippen molar-refractivity contribution in [3.63, 3.8) is 0 Å². The van der Waals surface area contributed by atoms with E-state index in [1.807, 2.05) is 6.07 Å². The van der Waals surface area contributed by atoms with Gasteiger partial charge in [0, 0.05) is 23.4 Å². The van der Waals surface area contributed by atoms with Gasteiger partial charge in [-0.05, 0) is 38.8 Å². The van der Waals surface area contributed by atoms with E-state index < -0.39 is 0 Å². The first-order valence-corrected chi connectivity index (χ1v) is 8.36. The van der Waals surface area contributed by atoms with E-state index in [1.165, 1.54) is 10.4 Å². The van der Waals surface area contributed by atoms with E-state index in [2.05, 4.69) is 49.3 Å². The predicted octanol–water partition coefficient (Wildman–Crippen LogP) is 3.98. The Balaban J connectivity index is 1.67. The highest BCUT2D eigenvalue weighted by Crippen LogP contribution is 2.33. The van der Waals surface area contributed by atoms with Gasteiger partial charge in [0.25, 0.3) is 0 Å². The maximum Gasteiger partial charge on any atom is 0.122 e. The lowest BCUT2D eigenvalue weighted by Crippen LogP contribution is -2.27. The van der Waals surface area contributed by atoms with Gasteiger partial charge in [-0.3, -0.25) is 0 Å². The molecule has 0 aliphatic carbocycles. The molecule has 1 aliphatic rings. The molecule has 0 bridgehead atoms. The van der Waals surface area contributed by atoms with Crippen molar-refractivity contribution in [2.45, 2.75) is 39.2 Å². The third-order valence-electron chi connectivity index (χ3n) is 4.09. The van der Waals surface area contributed by atoms with E-state index in [0.717, 1.165) is 36.0 Å². The van der Waals surface area contributed by atoms with Crippen LogP contribution in [0.4, 0.5) is 0 Å². The Morgan fingerprint density at radius 1 is 1.38 bits per heavy atom. The lowest BCUT2D eigenvalue weighted by Gasteiger charge is -2.27. The number of hydrogen-bond acceptors (Lipinski definition) is 4. The summed E-state index contributed by atoms with van der Waals surface area (Å²) >= 11 is 1.80. The van der Waals surface area contributed by atoms with Crippen LogP contribution in [0.15, 0.2) is 24.3 Å². The highest BCUT2D eigenvalue weighted by Gasteiger charge is 2.22. The second kappa shape index (κ2) is 6.16. The van der Waals surface area contributed by atoms with Gasteiger partial charge in [-0.2, -0.15) is 0 Å². The molecule has 2 heterocycles. The number of hydrogen-bond donors (Lipinski definition) is 1. The second-order valence-corrected chi connectivity index (χ2v) is 6.92. The number of fused-ring (bicyclic) bond motifs is 1. The zero-order chi connectivity index (χ0) is 14.8. The first-order valence-electron chi connectivity index (χ1n) is 7.54. The van der Waals surface area contributed by atoms with Gasteiger partial charge in [-0.25, -0.2) is 4.98 Å². The summed E-state index contributed by atoms with van der Waals surface area (Å²) in [4.78, 5) is 5.88. The summed E-state index contributed by atoms with van der Waals surface area (Å²) in [5.74, 6) is 1.58. The van der Waals surface area contributed by atoms with E-state index in [4.69, 9.17) is 4.74 Å². The Labute approximate surface area is 130 Å². The van der Waals surface area contributed by atoms with Crippen LogP contribution in [0.5, 0.6) is 5.75 Å². The van der Waals surface area contributed by atoms with Crippen LogP contribution in [-0.4, -0.2) is 18.1 Å². The fourth-order valence-electron chi connectivity index (χ4n) is 2.99. The Morgan fingerprint density at radius 3 is 2.95 bits per heavy atom. The first-order chi connectivity index (χ1) is 10.1. The number of benzene rings is 1. The van der Waals surface area contributed by atoms with Crippen LogP contribution < -0.4 is 10.1 Å². The van der Waals surface area contributed by atoms with Gasteiger partial charge in [-0.15, -0.1) is 11.3 Å². The molecule has 1 aliphatic heterocycles. The lowest BCUT2D eigenvalue weighted by molar-refractivity contribution is 0.263. The van der Waals surface area contributed by atoms with E-state index in [-0.39, 0.29) is 0 Å². The van der Waals surface area contributed by atoms with Crippen molar-refractivity contribution < 1.29 is 4.74 Å². The van der Waals surface area contributed by atoms with Crippen molar-refractivity contribution in [3.8, 4) is 5.75 Å². The summed E-state index contributed by atoms with van der Waals surface area (Å²) in [6.45, 7) is 8.20. The van der Waals surface area contributed by atoms with E-state index >= 15 is 0 Å². The molecular weight excluding hydrogens is 280 g/mol. The fraction of sp³-hybridized carbons (Fsp3) is 0.471. The van der Waals surface area contributed by atoms with Crippen LogP contribution in [0.25, 0.3) is 0 Å². The van der Waals surface area contributed by atoms with Crippen molar-refractivity contribution in [1.82, 2.24) is 10.3 Å². The topological polar surface area (TPSA) is 34.2 Å². The molecule has 2 unspecified atom stereocenters. The van der Waals surface area contributed by atoms with Gasteiger partial charge >= 0.3 is 0 Å². The Morgan fingerprint density at radius 2 is 2.19 bits per heavy atom. The summed E-state index contributed by atoms with van der Waals surface area (Å²) in [5.41, 5.74) is 2.49. The second-order valence-electron chi connectivity index (χ2n) is 5.68. The Bertz CT molecular complexity index is 623. The SMILES string of the molecule is Cc1nc(C)c(C(C)NCC2CCOc3ccccc32)s1. The maximum absolute atomic E-state index is 5.73. The molecule has 1 aromatic carbocycles. The fourth-order valence-corrected chi connectivity index (χ4v) is 3.94. The molecule has 2 aromatic rings. The first kappa shape index (κ1) is 14.5. The minimum Gasteiger partial charge on any atom is -0.493 e. The number of ether oxygens (including phenoxy) is 1. The molecule has 0 radical (unpaired) electrons. The van der Waals surface area contributed by atoms with Crippen molar-refractivity contribution in [1.29, 1.82) is 0 Å². The number of para-hydroxylation sites is 1. The van der Waals surface area contributed by atoms with Gasteiger partial charge in [0.1, 0.15) is 5.75 Å². The summed E-state index contributed by atoms with van der Waals surface area (Å²) < 4.78 is 5.73. The number of nitrogens with one attached hydrogen (secondary N) is 1. The van der Waals surface area contributed by atoms with Crippen LogP contribution in [0.2, 0.25) is 0 Å². The number of nitrogens with zero attached hydrogens (tertiary/aromatic N) is 1. The summed E-state index contributed by atoms with van der Waals surface area (Å²) in [7, 11) is 0. The molecule has 1 N–H and O–H groups in total. The minimum atomic E-state index is 0.353. The highest BCUT2D eigenvalue weighted by molar-refractivity contribution is 7.11.